The molecule has 0 aromatic rings. The summed E-state index contributed by atoms with van der Waals surface area (Å²) in [5.74, 6) is -4.89. The van der Waals surface area contributed by atoms with Gasteiger partial charge < -0.3 is 24.1 Å². The topological polar surface area (TPSA) is 125 Å². The SMILES string of the molecule is CC=C(C)C(=O)OC1CC(C)(OC(C)=O)C2C=CC(C)(O)C2C2OC(=O)C(C)(OC(C)=O)C12. The molecule has 9 nitrogen and oxygen atoms in total. The van der Waals surface area contributed by atoms with Crippen molar-refractivity contribution >= 4 is 23.9 Å². The normalized spacial score (nSPS) is 42.0. The van der Waals surface area contributed by atoms with Crippen LogP contribution >= 0.6 is 0 Å². The standard InChI is InChI=1S/C24H32O9/c1-8-12(2)20(27)30-16-11-23(6,32-13(3)25)15-9-10-22(5,29)17(15)19-18(16)24(7,21(28)31-19)33-14(4)26/h8-10,15-19,29H,11H2,1-7H3. The monoisotopic (exact) mass is 464 g/mol. The lowest BCUT2D eigenvalue weighted by molar-refractivity contribution is -0.182. The molecule has 0 aromatic heterocycles. The molecule has 9 heteroatoms. The molecule has 1 heterocycles. The number of carbonyl (C=O) groups is 4. The van der Waals surface area contributed by atoms with Crippen LogP contribution in [0.5, 0.6) is 0 Å². The molecule has 3 rings (SSSR count). The van der Waals surface area contributed by atoms with Gasteiger partial charge in [-0.15, -0.1) is 0 Å². The first-order chi connectivity index (χ1) is 15.2. The van der Waals surface area contributed by atoms with Gasteiger partial charge in [-0.25, -0.2) is 9.59 Å². The molecule has 1 saturated carbocycles. The van der Waals surface area contributed by atoms with Crippen molar-refractivity contribution in [3.63, 3.8) is 0 Å². The lowest BCUT2D eigenvalue weighted by Crippen LogP contribution is -2.52. The summed E-state index contributed by atoms with van der Waals surface area (Å²) in [7, 11) is 0. The number of hydrogen-bond donors (Lipinski definition) is 1. The van der Waals surface area contributed by atoms with Crippen LogP contribution < -0.4 is 0 Å². The largest absolute Gasteiger partial charge is 0.459 e. The molecule has 0 aromatic carbocycles. The van der Waals surface area contributed by atoms with Gasteiger partial charge in [0.05, 0.1) is 11.5 Å². The number of fused-ring (bicyclic) bond motifs is 3. The Morgan fingerprint density at radius 2 is 1.70 bits per heavy atom. The van der Waals surface area contributed by atoms with E-state index in [9.17, 15) is 24.3 Å². The summed E-state index contributed by atoms with van der Waals surface area (Å²) in [6, 6.07) is 0. The Hall–Kier alpha value is -2.68. The fraction of sp³-hybridized carbons (Fsp3) is 0.667. The van der Waals surface area contributed by atoms with Crippen LogP contribution in [0.1, 0.15) is 54.9 Å². The van der Waals surface area contributed by atoms with Crippen molar-refractivity contribution in [3.05, 3.63) is 23.8 Å². The third-order valence-corrected chi connectivity index (χ3v) is 7.15. The van der Waals surface area contributed by atoms with Gasteiger partial charge in [0.15, 0.2) is 0 Å². The first-order valence-corrected chi connectivity index (χ1v) is 11.0. The number of aliphatic hydroxyl groups is 1. The third-order valence-electron chi connectivity index (χ3n) is 7.15. The quantitative estimate of drug-likeness (QED) is 0.288. The molecule has 0 radical (unpaired) electrons. The second kappa shape index (κ2) is 8.27. The van der Waals surface area contributed by atoms with Gasteiger partial charge in [0.25, 0.3) is 0 Å². The minimum Gasteiger partial charge on any atom is -0.459 e. The maximum atomic E-state index is 13.0. The second-order valence-corrected chi connectivity index (χ2v) is 9.76. The smallest absolute Gasteiger partial charge is 0.351 e. The zero-order valence-corrected chi connectivity index (χ0v) is 20.0. The van der Waals surface area contributed by atoms with Crippen LogP contribution in [0.15, 0.2) is 23.8 Å². The van der Waals surface area contributed by atoms with E-state index in [1.807, 2.05) is 0 Å². The van der Waals surface area contributed by atoms with Crippen molar-refractivity contribution < 1.29 is 43.2 Å². The van der Waals surface area contributed by atoms with Crippen molar-refractivity contribution in [2.75, 3.05) is 0 Å². The zero-order valence-electron chi connectivity index (χ0n) is 20.0. The Morgan fingerprint density at radius 1 is 1.09 bits per heavy atom. The average molecular weight is 465 g/mol. The average Bonchev–Trinajstić information content (AvgIpc) is 3.08. The minimum atomic E-state index is -1.77. The molecule has 33 heavy (non-hydrogen) atoms. The van der Waals surface area contributed by atoms with Gasteiger partial charge in [-0.3, -0.25) is 9.59 Å². The maximum Gasteiger partial charge on any atom is 0.351 e. The van der Waals surface area contributed by atoms with E-state index in [0.29, 0.717) is 5.57 Å². The molecule has 2 fully saturated rings. The van der Waals surface area contributed by atoms with Gasteiger partial charge in [-0.1, -0.05) is 18.2 Å². The van der Waals surface area contributed by atoms with Crippen LogP contribution in [-0.4, -0.2) is 58.0 Å². The lowest BCUT2D eigenvalue weighted by atomic mass is 9.72. The van der Waals surface area contributed by atoms with E-state index in [4.69, 9.17) is 18.9 Å². The lowest BCUT2D eigenvalue weighted by Gasteiger charge is -2.40. The minimum absolute atomic E-state index is 0.00552. The zero-order chi connectivity index (χ0) is 24.9. The molecule has 0 amide bonds. The van der Waals surface area contributed by atoms with Crippen molar-refractivity contribution in [3.8, 4) is 0 Å². The van der Waals surface area contributed by atoms with Crippen LogP contribution in [0.4, 0.5) is 0 Å². The number of hydrogen-bond acceptors (Lipinski definition) is 9. The van der Waals surface area contributed by atoms with E-state index in [0.717, 1.165) is 0 Å². The van der Waals surface area contributed by atoms with Gasteiger partial charge in [-0.05, 0) is 34.6 Å². The summed E-state index contributed by atoms with van der Waals surface area (Å²) < 4.78 is 22.8. The highest BCUT2D eigenvalue weighted by atomic mass is 16.6. The second-order valence-electron chi connectivity index (χ2n) is 9.76. The molecular weight excluding hydrogens is 432 g/mol. The van der Waals surface area contributed by atoms with Crippen LogP contribution in [0.2, 0.25) is 0 Å². The molecular formula is C24H32O9. The van der Waals surface area contributed by atoms with E-state index in [2.05, 4.69) is 0 Å². The first-order valence-electron chi connectivity index (χ1n) is 11.0. The number of carbonyl (C=O) groups excluding carboxylic acids is 4. The van der Waals surface area contributed by atoms with E-state index < -0.39 is 70.6 Å². The van der Waals surface area contributed by atoms with Crippen LogP contribution in [0.3, 0.4) is 0 Å². The summed E-state index contributed by atoms with van der Waals surface area (Å²) >= 11 is 0. The molecule has 182 valence electrons. The fourth-order valence-corrected chi connectivity index (χ4v) is 5.61. The Labute approximate surface area is 193 Å². The summed E-state index contributed by atoms with van der Waals surface area (Å²) in [5.41, 5.74) is -4.04. The van der Waals surface area contributed by atoms with E-state index in [1.54, 1.807) is 45.9 Å². The summed E-state index contributed by atoms with van der Waals surface area (Å²) in [6.07, 6.45) is 2.93. The van der Waals surface area contributed by atoms with Crippen molar-refractivity contribution in [2.45, 2.75) is 83.9 Å². The van der Waals surface area contributed by atoms with Crippen LogP contribution in [0.25, 0.3) is 0 Å². The third kappa shape index (κ3) is 4.18. The Bertz CT molecular complexity index is 932. The summed E-state index contributed by atoms with van der Waals surface area (Å²) in [4.78, 5) is 49.8. The molecule has 1 N–H and O–H groups in total. The molecule has 1 saturated heterocycles. The van der Waals surface area contributed by atoms with E-state index in [1.165, 1.54) is 20.8 Å². The molecule has 1 aliphatic heterocycles. The Kier molecular flexibility index (Phi) is 6.25. The number of esters is 4. The highest BCUT2D eigenvalue weighted by Crippen LogP contribution is 2.56. The molecule has 0 bridgehead atoms. The highest BCUT2D eigenvalue weighted by molar-refractivity contribution is 5.88. The van der Waals surface area contributed by atoms with Gasteiger partial charge in [0.1, 0.15) is 17.8 Å². The van der Waals surface area contributed by atoms with Crippen LogP contribution in [-0.2, 0) is 38.1 Å². The van der Waals surface area contributed by atoms with Crippen LogP contribution in [0, 0.1) is 17.8 Å². The fourth-order valence-electron chi connectivity index (χ4n) is 5.61. The van der Waals surface area contributed by atoms with Gasteiger partial charge in [-0.2, -0.15) is 0 Å². The van der Waals surface area contributed by atoms with Gasteiger partial charge in [0.2, 0.25) is 5.60 Å². The highest BCUT2D eigenvalue weighted by Gasteiger charge is 2.70. The predicted octanol–water partition coefficient (Wildman–Crippen LogP) is 2.01. The van der Waals surface area contributed by atoms with Gasteiger partial charge >= 0.3 is 23.9 Å². The van der Waals surface area contributed by atoms with Crippen molar-refractivity contribution in [1.82, 2.24) is 0 Å². The van der Waals surface area contributed by atoms with E-state index >= 15 is 0 Å². The van der Waals surface area contributed by atoms with Gasteiger partial charge in [0, 0.05) is 37.7 Å². The summed E-state index contributed by atoms with van der Waals surface area (Å²) in [6.45, 7) is 10.4. The number of rotatable bonds is 4. The molecule has 3 aliphatic rings. The summed E-state index contributed by atoms with van der Waals surface area (Å²) in [5, 5.41) is 11.2. The Morgan fingerprint density at radius 3 is 2.24 bits per heavy atom. The molecule has 8 unspecified atom stereocenters. The molecule has 8 atom stereocenters. The van der Waals surface area contributed by atoms with E-state index in [-0.39, 0.29) is 6.42 Å². The Balaban J connectivity index is 2.20. The molecule has 0 spiro atoms. The maximum absolute atomic E-state index is 13.0. The number of allylic oxidation sites excluding steroid dienone is 1. The first kappa shape index (κ1) is 25.0. The van der Waals surface area contributed by atoms with Crippen molar-refractivity contribution in [2.24, 2.45) is 17.8 Å². The molecule has 2 aliphatic carbocycles. The van der Waals surface area contributed by atoms with Crippen molar-refractivity contribution in [1.29, 1.82) is 0 Å². The number of ether oxygens (including phenoxy) is 4. The predicted molar refractivity (Wildman–Crippen MR) is 114 cm³/mol.